The molecule has 0 saturated carbocycles. The Bertz CT molecular complexity index is 342. The van der Waals surface area contributed by atoms with E-state index in [1.165, 1.54) is 37.9 Å². The Morgan fingerprint density at radius 2 is 1.82 bits per heavy atom. The number of nitrogens with zero attached hydrogens (tertiary/aromatic N) is 2. The molecule has 1 aliphatic heterocycles. The molecular formula is C15H24N2. The van der Waals surface area contributed by atoms with Crippen molar-refractivity contribution >= 4 is 5.82 Å². The van der Waals surface area contributed by atoms with Gasteiger partial charge in [-0.25, -0.2) is 4.98 Å². The van der Waals surface area contributed by atoms with E-state index in [9.17, 15) is 0 Å². The van der Waals surface area contributed by atoms with Gasteiger partial charge in [-0.3, -0.25) is 0 Å². The molecule has 17 heavy (non-hydrogen) atoms. The molecule has 2 rings (SSSR count). The van der Waals surface area contributed by atoms with Crippen molar-refractivity contribution in [3.8, 4) is 0 Å². The standard InChI is InChI=1S/C15H24N2/c1-15(2,3)11-13-7-8-14(16-12-13)17-9-5-4-6-10-17/h7-8,12H,4-6,9-11H2,1-3H3. The van der Waals surface area contributed by atoms with Gasteiger partial charge in [0, 0.05) is 19.3 Å². The molecule has 2 heteroatoms. The molecule has 2 nitrogen and oxygen atoms in total. The monoisotopic (exact) mass is 232 g/mol. The number of anilines is 1. The summed E-state index contributed by atoms with van der Waals surface area (Å²) < 4.78 is 0. The first-order valence-electron chi connectivity index (χ1n) is 6.74. The first-order chi connectivity index (χ1) is 8.04. The molecule has 1 saturated heterocycles. The Kier molecular flexibility index (Phi) is 3.70. The fourth-order valence-electron chi connectivity index (χ4n) is 2.44. The summed E-state index contributed by atoms with van der Waals surface area (Å²) in [5.74, 6) is 1.15. The molecule has 1 aromatic rings. The molecule has 1 aromatic heterocycles. The Balaban J connectivity index is 2.02. The van der Waals surface area contributed by atoms with E-state index in [0.717, 1.165) is 12.2 Å². The van der Waals surface area contributed by atoms with Crippen LogP contribution in [0.4, 0.5) is 5.82 Å². The topological polar surface area (TPSA) is 16.1 Å². The molecule has 0 unspecified atom stereocenters. The van der Waals surface area contributed by atoms with Crippen molar-refractivity contribution in [2.45, 2.75) is 46.5 Å². The first-order valence-corrected chi connectivity index (χ1v) is 6.74. The summed E-state index contributed by atoms with van der Waals surface area (Å²) in [7, 11) is 0. The molecular weight excluding hydrogens is 208 g/mol. The van der Waals surface area contributed by atoms with Crippen molar-refractivity contribution in [3.05, 3.63) is 23.9 Å². The highest BCUT2D eigenvalue weighted by Crippen LogP contribution is 2.22. The second kappa shape index (κ2) is 5.07. The van der Waals surface area contributed by atoms with Crippen LogP contribution in [0.25, 0.3) is 0 Å². The summed E-state index contributed by atoms with van der Waals surface area (Å²) in [5, 5.41) is 0. The molecule has 1 fully saturated rings. The molecule has 0 atom stereocenters. The lowest BCUT2D eigenvalue weighted by molar-refractivity contribution is 0.410. The molecule has 1 aliphatic rings. The van der Waals surface area contributed by atoms with E-state index in [2.05, 4.69) is 49.0 Å². The zero-order chi connectivity index (χ0) is 12.3. The fourth-order valence-corrected chi connectivity index (χ4v) is 2.44. The van der Waals surface area contributed by atoms with Crippen LogP contribution in [-0.4, -0.2) is 18.1 Å². The van der Waals surface area contributed by atoms with Crippen LogP contribution in [0.5, 0.6) is 0 Å². The van der Waals surface area contributed by atoms with Gasteiger partial charge < -0.3 is 4.90 Å². The van der Waals surface area contributed by atoms with Crippen LogP contribution in [0, 0.1) is 5.41 Å². The van der Waals surface area contributed by atoms with E-state index in [4.69, 9.17) is 0 Å². The van der Waals surface area contributed by atoms with Gasteiger partial charge in [-0.1, -0.05) is 26.8 Å². The lowest BCUT2D eigenvalue weighted by Crippen LogP contribution is -2.30. The number of hydrogen-bond acceptors (Lipinski definition) is 2. The summed E-state index contributed by atoms with van der Waals surface area (Å²) in [6.45, 7) is 9.15. The van der Waals surface area contributed by atoms with Crippen molar-refractivity contribution in [3.63, 3.8) is 0 Å². The fraction of sp³-hybridized carbons (Fsp3) is 0.667. The second-order valence-electron chi connectivity index (χ2n) is 6.31. The average molecular weight is 232 g/mol. The number of pyridine rings is 1. The Morgan fingerprint density at radius 1 is 1.12 bits per heavy atom. The predicted molar refractivity (Wildman–Crippen MR) is 73.5 cm³/mol. The maximum Gasteiger partial charge on any atom is 0.128 e. The third kappa shape index (κ3) is 3.72. The van der Waals surface area contributed by atoms with Crippen LogP contribution in [0.2, 0.25) is 0 Å². The Morgan fingerprint density at radius 3 is 2.35 bits per heavy atom. The summed E-state index contributed by atoms with van der Waals surface area (Å²) in [6, 6.07) is 4.43. The zero-order valence-corrected chi connectivity index (χ0v) is 11.4. The van der Waals surface area contributed by atoms with Crippen LogP contribution in [0.3, 0.4) is 0 Å². The Hall–Kier alpha value is -1.05. The van der Waals surface area contributed by atoms with E-state index in [1.54, 1.807) is 0 Å². The van der Waals surface area contributed by atoms with Crippen LogP contribution in [0.15, 0.2) is 18.3 Å². The normalized spacial score (nSPS) is 17.2. The summed E-state index contributed by atoms with van der Waals surface area (Å²) >= 11 is 0. The van der Waals surface area contributed by atoms with Crippen molar-refractivity contribution < 1.29 is 0 Å². The van der Waals surface area contributed by atoms with Gasteiger partial charge >= 0.3 is 0 Å². The lowest BCUT2D eigenvalue weighted by Gasteiger charge is -2.28. The van der Waals surface area contributed by atoms with E-state index in [-0.39, 0.29) is 0 Å². The van der Waals surface area contributed by atoms with Gasteiger partial charge in [0.05, 0.1) is 0 Å². The van der Waals surface area contributed by atoms with Crippen molar-refractivity contribution in [1.29, 1.82) is 0 Å². The van der Waals surface area contributed by atoms with Gasteiger partial charge in [0.15, 0.2) is 0 Å². The van der Waals surface area contributed by atoms with Gasteiger partial charge in [-0.15, -0.1) is 0 Å². The quantitative estimate of drug-likeness (QED) is 0.773. The summed E-state index contributed by atoms with van der Waals surface area (Å²) in [4.78, 5) is 7.02. The van der Waals surface area contributed by atoms with E-state index in [1.807, 2.05) is 0 Å². The van der Waals surface area contributed by atoms with Crippen LogP contribution >= 0.6 is 0 Å². The highest BCUT2D eigenvalue weighted by molar-refractivity contribution is 5.39. The average Bonchev–Trinajstić information content (AvgIpc) is 2.29. The number of hydrogen-bond donors (Lipinski definition) is 0. The lowest BCUT2D eigenvalue weighted by atomic mass is 9.89. The van der Waals surface area contributed by atoms with Gasteiger partial charge in [-0.2, -0.15) is 0 Å². The molecule has 94 valence electrons. The molecule has 0 spiro atoms. The molecule has 0 amide bonds. The highest BCUT2D eigenvalue weighted by atomic mass is 15.2. The predicted octanol–water partition coefficient (Wildman–Crippen LogP) is 3.66. The minimum absolute atomic E-state index is 0.342. The number of piperidine rings is 1. The van der Waals surface area contributed by atoms with Crippen molar-refractivity contribution in [2.24, 2.45) is 5.41 Å². The van der Waals surface area contributed by atoms with Crippen LogP contribution < -0.4 is 4.90 Å². The van der Waals surface area contributed by atoms with Gasteiger partial charge in [0.25, 0.3) is 0 Å². The third-order valence-corrected chi connectivity index (χ3v) is 3.22. The van der Waals surface area contributed by atoms with E-state index < -0.39 is 0 Å². The SMILES string of the molecule is CC(C)(C)Cc1ccc(N2CCCCC2)nc1. The first kappa shape index (κ1) is 12.4. The van der Waals surface area contributed by atoms with Crippen molar-refractivity contribution in [1.82, 2.24) is 4.98 Å². The minimum Gasteiger partial charge on any atom is -0.357 e. The molecule has 0 aromatic carbocycles. The highest BCUT2D eigenvalue weighted by Gasteiger charge is 2.14. The molecule has 0 bridgehead atoms. The van der Waals surface area contributed by atoms with E-state index >= 15 is 0 Å². The van der Waals surface area contributed by atoms with Gasteiger partial charge in [0.1, 0.15) is 5.82 Å². The smallest absolute Gasteiger partial charge is 0.128 e. The molecule has 2 heterocycles. The van der Waals surface area contributed by atoms with Crippen molar-refractivity contribution in [2.75, 3.05) is 18.0 Å². The second-order valence-corrected chi connectivity index (χ2v) is 6.31. The molecule has 0 aliphatic carbocycles. The van der Waals surface area contributed by atoms with Gasteiger partial charge in [-0.05, 0) is 42.7 Å². The van der Waals surface area contributed by atoms with E-state index in [0.29, 0.717) is 5.41 Å². The molecule has 0 N–H and O–H groups in total. The maximum atomic E-state index is 4.61. The largest absolute Gasteiger partial charge is 0.357 e. The summed E-state index contributed by atoms with van der Waals surface area (Å²) in [6.07, 6.45) is 7.14. The summed E-state index contributed by atoms with van der Waals surface area (Å²) in [5.41, 5.74) is 1.69. The minimum atomic E-state index is 0.342. The van der Waals surface area contributed by atoms with Crippen LogP contribution in [0.1, 0.15) is 45.6 Å². The number of rotatable bonds is 2. The van der Waals surface area contributed by atoms with Gasteiger partial charge in [0.2, 0.25) is 0 Å². The molecule has 0 radical (unpaired) electrons. The number of aromatic nitrogens is 1. The third-order valence-electron chi connectivity index (χ3n) is 3.22. The zero-order valence-electron chi connectivity index (χ0n) is 11.4. The maximum absolute atomic E-state index is 4.61. The van der Waals surface area contributed by atoms with Crippen LogP contribution in [-0.2, 0) is 6.42 Å². The Labute approximate surface area is 105 Å².